The van der Waals surface area contributed by atoms with E-state index >= 15 is 0 Å². The van der Waals surface area contributed by atoms with E-state index in [9.17, 15) is 9.59 Å². The third kappa shape index (κ3) is 3.78. The van der Waals surface area contributed by atoms with E-state index in [-0.39, 0.29) is 17.9 Å². The molecule has 1 atom stereocenters. The maximum atomic E-state index is 13.6. The number of rotatable bonds is 6. The summed E-state index contributed by atoms with van der Waals surface area (Å²) in [6.07, 6.45) is 8.34. The van der Waals surface area contributed by atoms with Crippen molar-refractivity contribution in [3.63, 3.8) is 0 Å². The van der Waals surface area contributed by atoms with Crippen molar-refractivity contribution in [2.45, 2.75) is 63.6 Å². The van der Waals surface area contributed by atoms with Gasteiger partial charge in [-0.05, 0) is 44.0 Å². The van der Waals surface area contributed by atoms with Gasteiger partial charge in [0.1, 0.15) is 17.0 Å². The molecule has 162 valence electrons. The number of hydrogen-bond donors (Lipinski definition) is 1. The highest BCUT2D eigenvalue weighted by Crippen LogP contribution is 2.33. The number of nitrogens with zero attached hydrogens (tertiary/aromatic N) is 2. The Bertz CT molecular complexity index is 880. The van der Waals surface area contributed by atoms with Crippen molar-refractivity contribution in [3.8, 4) is 11.5 Å². The van der Waals surface area contributed by atoms with Gasteiger partial charge >= 0.3 is 0 Å². The van der Waals surface area contributed by atoms with Crippen molar-refractivity contribution in [1.29, 1.82) is 0 Å². The first-order valence-electron chi connectivity index (χ1n) is 10.9. The molecular formula is C23H31N3O4. The zero-order valence-electron chi connectivity index (χ0n) is 17.9. The van der Waals surface area contributed by atoms with Gasteiger partial charge in [-0.3, -0.25) is 9.59 Å². The van der Waals surface area contributed by atoms with Crippen LogP contribution in [-0.4, -0.2) is 53.1 Å². The lowest BCUT2D eigenvalue weighted by Crippen LogP contribution is -2.65. The fraction of sp³-hybridized carbons (Fsp3) is 0.565. The average Bonchev–Trinajstić information content (AvgIpc) is 3.33. The minimum Gasteiger partial charge on any atom is -0.463 e. The van der Waals surface area contributed by atoms with Crippen LogP contribution in [0, 0.1) is 0 Å². The summed E-state index contributed by atoms with van der Waals surface area (Å²) in [5, 5.41) is 3.26. The number of methoxy groups -OCH3 is 1. The third-order valence-corrected chi connectivity index (χ3v) is 6.48. The molecule has 2 aromatic heterocycles. The maximum Gasteiger partial charge on any atom is 0.271 e. The molecule has 2 aromatic rings. The van der Waals surface area contributed by atoms with Gasteiger partial charge in [-0.15, -0.1) is 0 Å². The fourth-order valence-electron chi connectivity index (χ4n) is 4.71. The third-order valence-electron chi connectivity index (χ3n) is 6.48. The van der Waals surface area contributed by atoms with E-state index in [0.29, 0.717) is 31.2 Å². The summed E-state index contributed by atoms with van der Waals surface area (Å²) >= 11 is 0. The number of carbonyl (C=O) groups excluding carboxylic acids is 2. The largest absolute Gasteiger partial charge is 0.463 e. The number of hydrogen-bond acceptors (Lipinski definition) is 4. The highest BCUT2D eigenvalue weighted by Gasteiger charge is 2.48. The van der Waals surface area contributed by atoms with Crippen LogP contribution < -0.4 is 5.32 Å². The smallest absolute Gasteiger partial charge is 0.271 e. The van der Waals surface area contributed by atoms with Gasteiger partial charge in [-0.25, -0.2) is 0 Å². The number of fused-ring (bicyclic) bond motifs is 1. The van der Waals surface area contributed by atoms with Crippen molar-refractivity contribution < 1.29 is 18.7 Å². The molecule has 0 bridgehead atoms. The monoisotopic (exact) mass is 413 g/mol. The summed E-state index contributed by atoms with van der Waals surface area (Å²) in [7, 11) is 1.61. The summed E-state index contributed by atoms with van der Waals surface area (Å²) in [6, 6.07) is 7.56. The zero-order chi connectivity index (χ0) is 21.1. The van der Waals surface area contributed by atoms with E-state index < -0.39 is 5.54 Å². The molecule has 3 heterocycles. The van der Waals surface area contributed by atoms with Gasteiger partial charge in [-0.1, -0.05) is 25.7 Å². The van der Waals surface area contributed by atoms with Crippen molar-refractivity contribution >= 4 is 11.8 Å². The lowest BCUT2D eigenvalue weighted by molar-refractivity contribution is -0.134. The molecule has 1 aliphatic carbocycles. The molecule has 1 fully saturated rings. The second-order valence-corrected chi connectivity index (χ2v) is 8.55. The second kappa shape index (κ2) is 8.68. The standard InChI is InChI=1S/C23H31N3O4/c1-23(22(28)24-17-8-5-3-4-6-9-17)16-25-18(20-10-7-14-30-20)11-12-19(25)21(27)26(23)13-15-29-2/h7,10-12,14,17H,3-6,8-9,13,15-16H2,1-2H3,(H,24,28)/t23-/m0/s1. The van der Waals surface area contributed by atoms with E-state index in [2.05, 4.69) is 5.32 Å². The molecular weight excluding hydrogens is 382 g/mol. The molecule has 0 saturated heterocycles. The first kappa shape index (κ1) is 20.7. The summed E-state index contributed by atoms with van der Waals surface area (Å²) in [4.78, 5) is 28.6. The fourth-order valence-corrected chi connectivity index (χ4v) is 4.71. The van der Waals surface area contributed by atoms with E-state index in [0.717, 1.165) is 31.4 Å². The Kier molecular flexibility index (Phi) is 5.99. The topological polar surface area (TPSA) is 76.7 Å². The predicted octanol–water partition coefficient (Wildman–Crippen LogP) is 3.45. The van der Waals surface area contributed by atoms with Gasteiger partial charge in [0.15, 0.2) is 0 Å². The van der Waals surface area contributed by atoms with Crippen LogP contribution in [0.15, 0.2) is 34.9 Å². The highest BCUT2D eigenvalue weighted by molar-refractivity contribution is 6.00. The van der Waals surface area contributed by atoms with Gasteiger partial charge in [-0.2, -0.15) is 0 Å². The lowest BCUT2D eigenvalue weighted by atomic mass is 9.93. The quantitative estimate of drug-likeness (QED) is 0.736. The minimum absolute atomic E-state index is 0.0939. The molecule has 1 N–H and O–H groups in total. The second-order valence-electron chi connectivity index (χ2n) is 8.55. The molecule has 30 heavy (non-hydrogen) atoms. The van der Waals surface area contributed by atoms with Crippen molar-refractivity contribution in [3.05, 3.63) is 36.2 Å². The number of nitrogens with one attached hydrogen (secondary N) is 1. The van der Waals surface area contributed by atoms with Crippen LogP contribution in [-0.2, 0) is 16.1 Å². The molecule has 0 spiro atoms. The first-order chi connectivity index (χ1) is 14.5. The number of aromatic nitrogens is 1. The Morgan fingerprint density at radius 1 is 1.20 bits per heavy atom. The first-order valence-corrected chi connectivity index (χ1v) is 10.9. The Morgan fingerprint density at radius 3 is 2.60 bits per heavy atom. The van der Waals surface area contributed by atoms with Crippen LogP contribution in [0.25, 0.3) is 11.5 Å². The molecule has 2 aliphatic rings. The Balaban J connectivity index is 1.66. The van der Waals surface area contributed by atoms with Crippen LogP contribution >= 0.6 is 0 Å². The van der Waals surface area contributed by atoms with E-state index in [1.54, 1.807) is 18.3 Å². The molecule has 1 aliphatic heterocycles. The van der Waals surface area contributed by atoms with Crippen LogP contribution in [0.5, 0.6) is 0 Å². The van der Waals surface area contributed by atoms with Gasteiger partial charge < -0.3 is 23.9 Å². The Hall–Kier alpha value is -2.54. The van der Waals surface area contributed by atoms with Gasteiger partial charge in [0.2, 0.25) is 5.91 Å². The lowest BCUT2D eigenvalue weighted by Gasteiger charge is -2.44. The van der Waals surface area contributed by atoms with E-state index in [1.165, 1.54) is 12.8 Å². The molecule has 1 saturated carbocycles. The molecule has 4 rings (SSSR count). The van der Waals surface area contributed by atoms with Crippen molar-refractivity contribution in [1.82, 2.24) is 14.8 Å². The molecule has 2 amide bonds. The highest BCUT2D eigenvalue weighted by atomic mass is 16.5. The number of ether oxygens (including phenoxy) is 1. The molecule has 0 radical (unpaired) electrons. The van der Waals surface area contributed by atoms with E-state index in [1.807, 2.05) is 35.8 Å². The van der Waals surface area contributed by atoms with Gasteiger partial charge in [0, 0.05) is 19.7 Å². The van der Waals surface area contributed by atoms with Crippen LogP contribution in [0.1, 0.15) is 55.9 Å². The van der Waals surface area contributed by atoms with Gasteiger partial charge in [0.25, 0.3) is 5.91 Å². The maximum absolute atomic E-state index is 13.6. The Morgan fingerprint density at radius 2 is 1.93 bits per heavy atom. The van der Waals surface area contributed by atoms with E-state index in [4.69, 9.17) is 9.15 Å². The summed E-state index contributed by atoms with van der Waals surface area (Å²) in [5.74, 6) is 0.434. The van der Waals surface area contributed by atoms with Gasteiger partial charge in [0.05, 0.1) is 25.1 Å². The summed E-state index contributed by atoms with van der Waals surface area (Å²) in [5.41, 5.74) is 0.371. The molecule has 0 unspecified atom stereocenters. The van der Waals surface area contributed by atoms with Crippen LogP contribution in [0.4, 0.5) is 0 Å². The van der Waals surface area contributed by atoms with Crippen LogP contribution in [0.2, 0.25) is 0 Å². The molecule has 0 aromatic carbocycles. The molecule has 7 nitrogen and oxygen atoms in total. The van der Waals surface area contributed by atoms with Crippen molar-refractivity contribution in [2.75, 3.05) is 20.3 Å². The average molecular weight is 414 g/mol. The Labute approximate surface area is 177 Å². The summed E-state index contributed by atoms with van der Waals surface area (Å²) in [6.45, 7) is 2.98. The minimum atomic E-state index is -1.00. The van der Waals surface area contributed by atoms with Crippen molar-refractivity contribution in [2.24, 2.45) is 0 Å². The number of furan rings is 1. The van der Waals surface area contributed by atoms with Crippen LogP contribution in [0.3, 0.4) is 0 Å². The normalized spacial score (nSPS) is 22.6. The summed E-state index contributed by atoms with van der Waals surface area (Å²) < 4.78 is 12.7. The zero-order valence-corrected chi connectivity index (χ0v) is 17.9. The SMILES string of the molecule is COCCN1C(=O)c2ccc(-c3ccco3)n2C[C@@]1(C)C(=O)NC1CCCCCC1. The molecule has 7 heteroatoms. The number of amides is 2. The number of carbonyl (C=O) groups is 2. The predicted molar refractivity (Wildman–Crippen MR) is 113 cm³/mol.